The molecule has 1 aliphatic rings. The summed E-state index contributed by atoms with van der Waals surface area (Å²) >= 11 is 0. The molecule has 1 aromatic carbocycles. The number of aromatic nitrogens is 1. The third kappa shape index (κ3) is 5.89. The lowest BCUT2D eigenvalue weighted by Crippen LogP contribution is -2.50. The lowest BCUT2D eigenvalue weighted by molar-refractivity contribution is 0.188. The van der Waals surface area contributed by atoms with Crippen LogP contribution in [0.3, 0.4) is 0 Å². The zero-order valence-corrected chi connectivity index (χ0v) is 17.8. The number of halogens is 2. The number of likely N-dealkylation sites (tertiary alicyclic amines) is 1. The van der Waals surface area contributed by atoms with Crippen molar-refractivity contribution in [1.29, 1.82) is 0 Å². The molecule has 2 heterocycles. The summed E-state index contributed by atoms with van der Waals surface area (Å²) in [6.45, 7) is 2.34. The molecule has 6 nitrogen and oxygen atoms in total. The number of pyridine rings is 1. The number of benzene rings is 1. The number of anilines is 1. The smallest absolute Gasteiger partial charge is 0.191 e. The van der Waals surface area contributed by atoms with Gasteiger partial charge in [-0.25, -0.2) is 13.8 Å². The van der Waals surface area contributed by atoms with E-state index in [-0.39, 0.29) is 18.2 Å². The van der Waals surface area contributed by atoms with Gasteiger partial charge in [0.25, 0.3) is 0 Å². The average molecular weight is 417 g/mol. The van der Waals surface area contributed by atoms with Gasteiger partial charge in [-0.05, 0) is 43.7 Å². The summed E-state index contributed by atoms with van der Waals surface area (Å²) < 4.78 is 28.0. The normalized spacial score (nSPS) is 17.6. The standard InChI is InChI=1S/C22H30F2N6/c1-25-22(26-13-16-7-4-11-21(27-16)29(2)3)28-17-8-6-12-30(14-17)15-18-19(23)9-5-10-20(18)24/h4-5,7,9-11,17H,6,8,12-15H2,1-3H3,(H2,25,26,28). The van der Waals surface area contributed by atoms with Crippen LogP contribution in [0.15, 0.2) is 41.4 Å². The predicted octanol–water partition coefficient (Wildman–Crippen LogP) is 2.76. The number of rotatable bonds is 6. The van der Waals surface area contributed by atoms with Crippen LogP contribution in [0.25, 0.3) is 0 Å². The molecule has 8 heteroatoms. The monoisotopic (exact) mass is 416 g/mol. The molecule has 162 valence electrons. The summed E-state index contributed by atoms with van der Waals surface area (Å²) in [5.74, 6) is 0.613. The molecular weight excluding hydrogens is 386 g/mol. The Morgan fingerprint density at radius 3 is 2.63 bits per heavy atom. The molecule has 1 unspecified atom stereocenters. The Bertz CT molecular complexity index is 850. The van der Waals surface area contributed by atoms with Crippen LogP contribution in [0.4, 0.5) is 14.6 Å². The highest BCUT2D eigenvalue weighted by atomic mass is 19.1. The maximum absolute atomic E-state index is 14.0. The van der Waals surface area contributed by atoms with Gasteiger partial charge in [-0.15, -0.1) is 0 Å². The highest BCUT2D eigenvalue weighted by Gasteiger charge is 2.22. The molecule has 30 heavy (non-hydrogen) atoms. The first-order chi connectivity index (χ1) is 14.5. The second-order valence-electron chi connectivity index (χ2n) is 7.73. The van der Waals surface area contributed by atoms with Crippen molar-refractivity contribution >= 4 is 11.8 Å². The van der Waals surface area contributed by atoms with Crippen LogP contribution >= 0.6 is 0 Å². The second kappa shape index (κ2) is 10.3. The van der Waals surface area contributed by atoms with Crippen molar-refractivity contribution in [3.05, 3.63) is 59.3 Å². The molecule has 2 aromatic rings. The molecule has 0 bridgehead atoms. The van der Waals surface area contributed by atoms with Crippen LogP contribution in [0, 0.1) is 11.6 Å². The molecule has 3 rings (SSSR count). The van der Waals surface area contributed by atoms with Crippen LogP contribution in [0.1, 0.15) is 24.1 Å². The van der Waals surface area contributed by atoms with E-state index in [1.54, 1.807) is 7.05 Å². The first-order valence-corrected chi connectivity index (χ1v) is 10.2. The first kappa shape index (κ1) is 22.0. The van der Waals surface area contributed by atoms with Crippen LogP contribution < -0.4 is 15.5 Å². The maximum atomic E-state index is 14.0. The molecule has 1 aliphatic heterocycles. The molecule has 0 amide bonds. The van der Waals surface area contributed by atoms with Crippen LogP contribution in [-0.4, -0.2) is 56.1 Å². The van der Waals surface area contributed by atoms with Crippen molar-refractivity contribution in [1.82, 2.24) is 20.5 Å². The number of hydrogen-bond acceptors (Lipinski definition) is 4. The molecule has 1 saturated heterocycles. The zero-order valence-electron chi connectivity index (χ0n) is 17.8. The van der Waals surface area contributed by atoms with Gasteiger partial charge in [0, 0.05) is 45.8 Å². The van der Waals surface area contributed by atoms with Crippen LogP contribution in [0.5, 0.6) is 0 Å². The van der Waals surface area contributed by atoms with Gasteiger partial charge in [0.2, 0.25) is 0 Å². The fourth-order valence-corrected chi connectivity index (χ4v) is 3.60. The van der Waals surface area contributed by atoms with Crippen molar-refractivity contribution in [2.24, 2.45) is 4.99 Å². The number of guanidine groups is 1. The number of aliphatic imine (C=N–C) groups is 1. The molecule has 2 N–H and O–H groups in total. The van der Waals surface area contributed by atoms with Crippen molar-refractivity contribution in [3.63, 3.8) is 0 Å². The molecule has 1 aromatic heterocycles. The Hall–Kier alpha value is -2.74. The Morgan fingerprint density at radius 1 is 1.20 bits per heavy atom. The van der Waals surface area contributed by atoms with Gasteiger partial charge in [0.1, 0.15) is 17.5 Å². The van der Waals surface area contributed by atoms with Crippen molar-refractivity contribution in [3.8, 4) is 0 Å². The topological polar surface area (TPSA) is 55.8 Å². The van der Waals surface area contributed by atoms with Gasteiger partial charge < -0.3 is 15.5 Å². The van der Waals surface area contributed by atoms with E-state index < -0.39 is 11.6 Å². The average Bonchev–Trinajstić information content (AvgIpc) is 2.74. The lowest BCUT2D eigenvalue weighted by Gasteiger charge is -2.34. The third-order valence-electron chi connectivity index (χ3n) is 5.20. The largest absolute Gasteiger partial charge is 0.363 e. The van der Waals surface area contributed by atoms with Crippen molar-refractivity contribution in [2.75, 3.05) is 39.1 Å². The Morgan fingerprint density at radius 2 is 1.93 bits per heavy atom. The van der Waals surface area contributed by atoms with Gasteiger partial charge in [-0.3, -0.25) is 9.89 Å². The summed E-state index contributed by atoms with van der Waals surface area (Å²) in [5, 5.41) is 6.73. The van der Waals surface area contributed by atoms with E-state index in [4.69, 9.17) is 0 Å². The number of nitrogens with zero attached hydrogens (tertiary/aromatic N) is 4. The fraction of sp³-hybridized carbons (Fsp3) is 0.455. The minimum absolute atomic E-state index is 0.132. The first-order valence-electron chi connectivity index (χ1n) is 10.2. The van der Waals surface area contributed by atoms with Gasteiger partial charge in [-0.1, -0.05) is 12.1 Å². The van der Waals surface area contributed by atoms with E-state index in [1.165, 1.54) is 18.2 Å². The van der Waals surface area contributed by atoms with E-state index in [9.17, 15) is 8.78 Å². The van der Waals surface area contributed by atoms with E-state index >= 15 is 0 Å². The van der Waals surface area contributed by atoms with Crippen LogP contribution in [0.2, 0.25) is 0 Å². The van der Waals surface area contributed by atoms with Crippen molar-refractivity contribution in [2.45, 2.75) is 32.0 Å². The fourth-order valence-electron chi connectivity index (χ4n) is 3.60. The number of piperidine rings is 1. The molecule has 0 radical (unpaired) electrons. The zero-order chi connectivity index (χ0) is 21.5. The molecule has 1 fully saturated rings. The van der Waals surface area contributed by atoms with E-state index in [2.05, 4.69) is 25.5 Å². The number of hydrogen-bond donors (Lipinski definition) is 2. The minimum Gasteiger partial charge on any atom is -0.363 e. The molecule has 0 aliphatic carbocycles. The maximum Gasteiger partial charge on any atom is 0.191 e. The molecule has 0 spiro atoms. The highest BCUT2D eigenvalue weighted by molar-refractivity contribution is 5.79. The van der Waals surface area contributed by atoms with Gasteiger partial charge in [-0.2, -0.15) is 0 Å². The van der Waals surface area contributed by atoms with Gasteiger partial charge in [0.05, 0.1) is 12.2 Å². The molecule has 0 saturated carbocycles. The molecule has 1 atom stereocenters. The SMILES string of the molecule is CN=C(NCc1cccc(N(C)C)n1)NC1CCCN(Cc2c(F)cccc2F)C1. The Labute approximate surface area is 177 Å². The predicted molar refractivity (Wildman–Crippen MR) is 117 cm³/mol. The van der Waals surface area contributed by atoms with E-state index in [0.717, 1.165) is 30.9 Å². The summed E-state index contributed by atoms with van der Waals surface area (Å²) in [4.78, 5) is 13.0. The Kier molecular flexibility index (Phi) is 7.57. The highest BCUT2D eigenvalue weighted by Crippen LogP contribution is 2.18. The molecular formula is C22H30F2N6. The summed E-state index contributed by atoms with van der Waals surface area (Å²) in [6, 6.07) is 10.1. The third-order valence-corrected chi connectivity index (χ3v) is 5.20. The summed E-state index contributed by atoms with van der Waals surface area (Å²) in [7, 11) is 5.65. The van der Waals surface area contributed by atoms with Gasteiger partial charge >= 0.3 is 0 Å². The summed E-state index contributed by atoms with van der Waals surface area (Å²) in [5.41, 5.74) is 1.05. The second-order valence-corrected chi connectivity index (χ2v) is 7.73. The van der Waals surface area contributed by atoms with Crippen LogP contribution in [-0.2, 0) is 13.1 Å². The lowest BCUT2D eigenvalue weighted by atomic mass is 10.0. The summed E-state index contributed by atoms with van der Waals surface area (Å²) in [6.07, 6.45) is 1.93. The van der Waals surface area contributed by atoms with Crippen molar-refractivity contribution < 1.29 is 8.78 Å². The van der Waals surface area contributed by atoms with E-state index in [0.29, 0.717) is 19.0 Å². The Balaban J connectivity index is 1.54. The van der Waals surface area contributed by atoms with E-state index in [1.807, 2.05) is 37.2 Å². The quantitative estimate of drug-likeness (QED) is 0.560. The van der Waals surface area contributed by atoms with Gasteiger partial charge in [0.15, 0.2) is 5.96 Å². The number of nitrogens with one attached hydrogen (secondary N) is 2. The minimum atomic E-state index is -0.491.